The summed E-state index contributed by atoms with van der Waals surface area (Å²) in [6.07, 6.45) is 1.29. The lowest BCUT2D eigenvalue weighted by Crippen LogP contribution is -2.37. The van der Waals surface area contributed by atoms with Crippen LogP contribution < -0.4 is 0 Å². The fourth-order valence-electron chi connectivity index (χ4n) is 1.46. The fourth-order valence-corrected chi connectivity index (χ4v) is 1.63. The van der Waals surface area contributed by atoms with E-state index in [9.17, 15) is 9.59 Å². The van der Waals surface area contributed by atoms with Gasteiger partial charge >= 0.3 is 11.3 Å². The Morgan fingerprint density at radius 3 is 2.31 bits per heavy atom. The highest BCUT2D eigenvalue weighted by Crippen LogP contribution is 2.19. The first-order valence-corrected chi connectivity index (χ1v) is 4.55. The number of esters is 1. The van der Waals surface area contributed by atoms with E-state index in [4.69, 9.17) is 11.6 Å². The van der Waals surface area contributed by atoms with Gasteiger partial charge in [0.1, 0.15) is 0 Å². The molecule has 0 saturated carbocycles. The summed E-state index contributed by atoms with van der Waals surface area (Å²) in [5, 5.41) is -0.441. The van der Waals surface area contributed by atoms with Gasteiger partial charge < -0.3 is 9.64 Å². The van der Waals surface area contributed by atoms with Crippen LogP contribution in [0.2, 0.25) is 0 Å². The second-order valence-corrected chi connectivity index (χ2v) is 3.36. The lowest BCUT2D eigenvalue weighted by atomic mass is 9.97. The Morgan fingerprint density at radius 2 is 1.92 bits per heavy atom. The molecule has 0 aromatic rings. The minimum Gasteiger partial charge on any atom is -0.469 e. The maximum atomic E-state index is 11.1. The zero-order valence-corrected chi connectivity index (χ0v) is 8.21. The summed E-state index contributed by atoms with van der Waals surface area (Å²) in [4.78, 5) is 23.3. The van der Waals surface area contributed by atoms with Crippen LogP contribution in [0.4, 0.5) is 4.79 Å². The van der Waals surface area contributed by atoms with Crippen molar-refractivity contribution < 1.29 is 14.3 Å². The van der Waals surface area contributed by atoms with E-state index in [-0.39, 0.29) is 11.9 Å². The molecule has 1 saturated heterocycles. The van der Waals surface area contributed by atoms with Crippen LogP contribution in [0.15, 0.2) is 0 Å². The van der Waals surface area contributed by atoms with E-state index in [1.165, 1.54) is 12.0 Å². The summed E-state index contributed by atoms with van der Waals surface area (Å²) in [5.74, 6) is -0.265. The number of piperidine rings is 1. The molecular formula is C8H12ClNO3. The van der Waals surface area contributed by atoms with Crippen molar-refractivity contribution in [1.82, 2.24) is 4.90 Å². The van der Waals surface area contributed by atoms with Gasteiger partial charge in [0, 0.05) is 13.1 Å². The summed E-state index contributed by atoms with van der Waals surface area (Å²) in [6, 6.07) is 0. The summed E-state index contributed by atoms with van der Waals surface area (Å²) in [6.45, 7) is 1.09. The van der Waals surface area contributed by atoms with Crippen LogP contribution in [0.3, 0.4) is 0 Å². The Labute approximate surface area is 81.8 Å². The van der Waals surface area contributed by atoms with Gasteiger partial charge in [-0.25, -0.2) is 0 Å². The summed E-state index contributed by atoms with van der Waals surface area (Å²) < 4.78 is 4.61. The van der Waals surface area contributed by atoms with Gasteiger partial charge in [0.25, 0.3) is 0 Å². The molecule has 0 unspecified atom stereocenters. The lowest BCUT2D eigenvalue weighted by molar-refractivity contribution is -0.146. The molecule has 13 heavy (non-hydrogen) atoms. The molecule has 1 fully saturated rings. The second kappa shape index (κ2) is 4.46. The minimum atomic E-state index is -0.441. The van der Waals surface area contributed by atoms with Gasteiger partial charge in [-0.05, 0) is 24.4 Å². The van der Waals surface area contributed by atoms with Gasteiger partial charge in [0.15, 0.2) is 0 Å². The topological polar surface area (TPSA) is 46.6 Å². The molecule has 0 spiro atoms. The molecule has 1 rings (SSSR count). The van der Waals surface area contributed by atoms with Crippen molar-refractivity contribution in [3.05, 3.63) is 0 Å². The first-order valence-electron chi connectivity index (χ1n) is 4.17. The Kier molecular flexibility index (Phi) is 3.54. The standard InChI is InChI=1S/C8H12ClNO3/c1-13-7(11)6-2-4-10(5-3-6)8(9)12/h6H,2-5H2,1H3. The molecule has 0 radical (unpaired) electrons. The number of methoxy groups -OCH3 is 1. The van der Waals surface area contributed by atoms with E-state index >= 15 is 0 Å². The summed E-state index contributed by atoms with van der Waals surface area (Å²) >= 11 is 5.29. The van der Waals surface area contributed by atoms with Crippen molar-refractivity contribution in [1.29, 1.82) is 0 Å². The molecule has 0 aromatic carbocycles. The molecule has 0 bridgehead atoms. The monoisotopic (exact) mass is 205 g/mol. The zero-order valence-electron chi connectivity index (χ0n) is 7.46. The minimum absolute atomic E-state index is 0.0720. The predicted molar refractivity (Wildman–Crippen MR) is 47.6 cm³/mol. The van der Waals surface area contributed by atoms with Crippen LogP contribution in [0.1, 0.15) is 12.8 Å². The molecule has 0 aromatic heterocycles. The average Bonchev–Trinajstić information content (AvgIpc) is 2.17. The Bertz CT molecular complexity index is 211. The number of rotatable bonds is 1. The molecule has 74 valence electrons. The van der Waals surface area contributed by atoms with E-state index in [0.717, 1.165) is 0 Å². The van der Waals surface area contributed by atoms with E-state index < -0.39 is 5.37 Å². The predicted octanol–water partition coefficient (Wildman–Crippen LogP) is 1.23. The van der Waals surface area contributed by atoms with Crippen LogP contribution in [0, 0.1) is 5.92 Å². The van der Waals surface area contributed by atoms with Gasteiger partial charge in [-0.2, -0.15) is 0 Å². The van der Waals surface area contributed by atoms with Gasteiger partial charge in [-0.3, -0.25) is 9.59 Å². The van der Waals surface area contributed by atoms with Crippen molar-refractivity contribution in [3.63, 3.8) is 0 Å². The molecule has 0 aliphatic carbocycles. The number of nitrogens with zero attached hydrogens (tertiary/aromatic N) is 1. The quantitative estimate of drug-likeness (QED) is 0.368. The van der Waals surface area contributed by atoms with Crippen LogP contribution in [-0.2, 0) is 9.53 Å². The normalized spacial score (nSPS) is 18.5. The molecule has 4 nitrogen and oxygen atoms in total. The van der Waals surface area contributed by atoms with E-state index in [1.54, 1.807) is 0 Å². The molecular weight excluding hydrogens is 194 g/mol. The first kappa shape index (κ1) is 10.3. The Morgan fingerprint density at radius 1 is 1.38 bits per heavy atom. The van der Waals surface area contributed by atoms with Crippen molar-refractivity contribution in [3.8, 4) is 0 Å². The molecule has 1 heterocycles. The molecule has 1 aliphatic rings. The number of halogens is 1. The van der Waals surface area contributed by atoms with Crippen LogP contribution in [0.25, 0.3) is 0 Å². The highest BCUT2D eigenvalue weighted by Gasteiger charge is 2.26. The number of carbonyl (C=O) groups excluding carboxylic acids is 2. The molecule has 1 aliphatic heterocycles. The molecule has 5 heteroatoms. The van der Waals surface area contributed by atoms with Crippen molar-refractivity contribution in [2.45, 2.75) is 12.8 Å². The van der Waals surface area contributed by atoms with Gasteiger partial charge in [0.05, 0.1) is 13.0 Å². The van der Waals surface area contributed by atoms with Crippen molar-refractivity contribution >= 4 is 22.9 Å². The lowest BCUT2D eigenvalue weighted by Gasteiger charge is -2.28. The maximum absolute atomic E-state index is 11.1. The number of ether oxygens (including phenoxy) is 1. The van der Waals surface area contributed by atoms with Gasteiger partial charge in [-0.15, -0.1) is 0 Å². The smallest absolute Gasteiger partial charge is 0.316 e. The number of hydrogen-bond donors (Lipinski definition) is 0. The number of amides is 1. The number of carbonyl (C=O) groups is 2. The third-order valence-electron chi connectivity index (χ3n) is 2.28. The first-order chi connectivity index (χ1) is 6.15. The Hall–Kier alpha value is -0.770. The van der Waals surface area contributed by atoms with Gasteiger partial charge in [0.2, 0.25) is 0 Å². The average molecular weight is 206 g/mol. The Balaban J connectivity index is 2.39. The highest BCUT2D eigenvalue weighted by atomic mass is 35.5. The fraction of sp³-hybridized carbons (Fsp3) is 0.750. The SMILES string of the molecule is COC(=O)C1CCN(C(=O)Cl)CC1. The van der Waals surface area contributed by atoms with Crippen LogP contribution in [0.5, 0.6) is 0 Å². The summed E-state index contributed by atoms with van der Waals surface area (Å²) in [7, 11) is 1.38. The van der Waals surface area contributed by atoms with Gasteiger partial charge in [-0.1, -0.05) is 0 Å². The van der Waals surface area contributed by atoms with Crippen molar-refractivity contribution in [2.24, 2.45) is 5.92 Å². The largest absolute Gasteiger partial charge is 0.469 e. The highest BCUT2D eigenvalue weighted by molar-refractivity contribution is 6.62. The third kappa shape index (κ3) is 2.59. The van der Waals surface area contributed by atoms with E-state index in [2.05, 4.69) is 4.74 Å². The molecule has 1 amide bonds. The zero-order chi connectivity index (χ0) is 9.84. The maximum Gasteiger partial charge on any atom is 0.316 e. The number of likely N-dealkylation sites (tertiary alicyclic amines) is 1. The second-order valence-electron chi connectivity index (χ2n) is 3.04. The number of hydrogen-bond acceptors (Lipinski definition) is 3. The third-order valence-corrected chi connectivity index (χ3v) is 2.52. The van der Waals surface area contributed by atoms with Crippen molar-refractivity contribution in [2.75, 3.05) is 20.2 Å². The molecule has 0 N–H and O–H groups in total. The van der Waals surface area contributed by atoms with Crippen LogP contribution >= 0.6 is 11.6 Å². The van der Waals surface area contributed by atoms with E-state index in [1.807, 2.05) is 0 Å². The summed E-state index contributed by atoms with van der Waals surface area (Å²) in [5.41, 5.74) is 0. The van der Waals surface area contributed by atoms with E-state index in [0.29, 0.717) is 25.9 Å². The van der Waals surface area contributed by atoms with Crippen LogP contribution in [-0.4, -0.2) is 36.4 Å². The molecule has 0 atom stereocenters.